The fraction of sp³-hybridized carbons (Fsp3) is 0.389. The fourth-order valence-electron chi connectivity index (χ4n) is 3.14. The van der Waals surface area contributed by atoms with Crippen molar-refractivity contribution in [1.82, 2.24) is 29.5 Å². The highest BCUT2D eigenvalue weighted by Crippen LogP contribution is 2.46. The summed E-state index contributed by atoms with van der Waals surface area (Å²) in [7, 11) is 0. The Labute approximate surface area is 170 Å². The van der Waals surface area contributed by atoms with E-state index in [2.05, 4.69) is 30.2 Å². The molecule has 0 spiro atoms. The van der Waals surface area contributed by atoms with Crippen molar-refractivity contribution in [3.05, 3.63) is 41.7 Å². The number of hydrogen-bond donors (Lipinski definition) is 1. The molecule has 0 unspecified atom stereocenters. The molecule has 1 aromatic carbocycles. The molecule has 1 amide bonds. The Morgan fingerprint density at radius 3 is 2.82 bits per heavy atom. The molecule has 0 radical (unpaired) electrons. The number of carbonyl (C=O) groups excluding carboxylic acids is 1. The number of aromatic nitrogens is 6. The Hall–Kier alpha value is -2.39. The largest absolute Gasteiger partial charge is 0.323 e. The first-order valence-corrected chi connectivity index (χ1v) is 10.6. The van der Waals surface area contributed by atoms with E-state index in [9.17, 15) is 4.79 Å². The van der Waals surface area contributed by atoms with E-state index in [0.717, 1.165) is 11.0 Å². The molecule has 3 aromatic rings. The first-order chi connectivity index (χ1) is 13.7. The second kappa shape index (κ2) is 7.21. The number of anilines is 1. The molecule has 5 rings (SSSR count). The highest BCUT2D eigenvalue weighted by atomic mass is 35.5. The molecule has 2 heterocycles. The number of halogens is 1. The van der Waals surface area contributed by atoms with Crippen molar-refractivity contribution < 1.29 is 4.79 Å². The second-order valence-corrected chi connectivity index (χ2v) is 8.43. The van der Waals surface area contributed by atoms with Gasteiger partial charge in [-0.3, -0.25) is 4.79 Å². The van der Waals surface area contributed by atoms with E-state index in [1.54, 1.807) is 29.2 Å². The third kappa shape index (κ3) is 3.64. The lowest BCUT2D eigenvalue weighted by Crippen LogP contribution is -2.16. The summed E-state index contributed by atoms with van der Waals surface area (Å²) in [5.41, 5.74) is 1.29. The molecule has 0 aliphatic heterocycles. The van der Waals surface area contributed by atoms with Gasteiger partial charge in [0.1, 0.15) is 18.5 Å². The number of hydrogen-bond acceptors (Lipinski definition) is 6. The molecular weight excluding hydrogens is 398 g/mol. The quantitative estimate of drug-likeness (QED) is 0.594. The van der Waals surface area contributed by atoms with E-state index < -0.39 is 0 Å². The van der Waals surface area contributed by atoms with E-state index in [-0.39, 0.29) is 11.7 Å². The van der Waals surface area contributed by atoms with Gasteiger partial charge in [-0.15, -0.1) is 10.2 Å². The minimum absolute atomic E-state index is 0.132. The van der Waals surface area contributed by atoms with Crippen LogP contribution in [0, 0.1) is 0 Å². The van der Waals surface area contributed by atoms with Crippen molar-refractivity contribution in [2.24, 2.45) is 0 Å². The Bertz CT molecular complexity index is 1010. The van der Waals surface area contributed by atoms with Gasteiger partial charge in [-0.25, -0.2) is 9.67 Å². The number of amides is 1. The van der Waals surface area contributed by atoms with Crippen LogP contribution < -0.4 is 5.32 Å². The minimum atomic E-state index is -0.132. The molecule has 2 aliphatic rings. The Kier molecular flexibility index (Phi) is 4.56. The van der Waals surface area contributed by atoms with Crippen LogP contribution >= 0.6 is 23.4 Å². The zero-order chi connectivity index (χ0) is 19.1. The Morgan fingerprint density at radius 1 is 1.25 bits per heavy atom. The second-order valence-electron chi connectivity index (χ2n) is 7.05. The third-order valence-electron chi connectivity index (χ3n) is 4.78. The van der Waals surface area contributed by atoms with Gasteiger partial charge in [0.05, 0.1) is 17.1 Å². The van der Waals surface area contributed by atoms with E-state index in [0.29, 0.717) is 28.4 Å². The standard InChI is InChI=1S/C18H18ClN7OS/c19-12-3-6-15(25-10-20-9-21-25)14(7-12)22-16(27)8-28-18-24-23-17(11-1-2-11)26(18)13-4-5-13/h3,6-7,9-11,13H,1-2,4-5,8H2,(H,22,27). The lowest BCUT2D eigenvalue weighted by molar-refractivity contribution is -0.113. The smallest absolute Gasteiger partial charge is 0.234 e. The lowest BCUT2D eigenvalue weighted by Gasteiger charge is -2.12. The number of rotatable bonds is 7. The van der Waals surface area contributed by atoms with Crippen LogP contribution in [0.5, 0.6) is 0 Å². The zero-order valence-electron chi connectivity index (χ0n) is 15.0. The summed E-state index contributed by atoms with van der Waals surface area (Å²) in [4.78, 5) is 16.5. The predicted molar refractivity (Wildman–Crippen MR) is 106 cm³/mol. The number of benzene rings is 1. The number of thioether (sulfide) groups is 1. The van der Waals surface area contributed by atoms with Crippen LogP contribution in [0.3, 0.4) is 0 Å². The predicted octanol–water partition coefficient (Wildman–Crippen LogP) is 3.46. The van der Waals surface area contributed by atoms with Crippen LogP contribution in [0.2, 0.25) is 5.02 Å². The topological polar surface area (TPSA) is 90.5 Å². The number of nitrogens with one attached hydrogen (secondary N) is 1. The highest BCUT2D eigenvalue weighted by Gasteiger charge is 2.36. The summed E-state index contributed by atoms with van der Waals surface area (Å²) in [5.74, 6) is 1.76. The summed E-state index contributed by atoms with van der Waals surface area (Å²) in [6, 6.07) is 5.76. The van der Waals surface area contributed by atoms with Gasteiger partial charge in [0, 0.05) is 17.0 Å². The van der Waals surface area contributed by atoms with Crippen LogP contribution in [0.25, 0.3) is 5.69 Å². The average Bonchev–Trinajstić information content (AvgIpc) is 3.61. The van der Waals surface area contributed by atoms with Gasteiger partial charge < -0.3 is 9.88 Å². The molecule has 28 heavy (non-hydrogen) atoms. The normalized spacial score (nSPS) is 16.3. The number of nitrogens with zero attached hydrogens (tertiary/aromatic N) is 6. The third-order valence-corrected chi connectivity index (χ3v) is 5.95. The summed E-state index contributed by atoms with van der Waals surface area (Å²) >= 11 is 7.54. The van der Waals surface area contributed by atoms with Crippen LogP contribution in [0.4, 0.5) is 5.69 Å². The zero-order valence-corrected chi connectivity index (χ0v) is 16.5. The molecule has 0 saturated heterocycles. The molecule has 2 fully saturated rings. The molecule has 2 aromatic heterocycles. The minimum Gasteiger partial charge on any atom is -0.323 e. The summed E-state index contributed by atoms with van der Waals surface area (Å²) in [6.45, 7) is 0. The van der Waals surface area contributed by atoms with Crippen molar-refractivity contribution in [3.8, 4) is 5.69 Å². The van der Waals surface area contributed by atoms with Crippen molar-refractivity contribution in [3.63, 3.8) is 0 Å². The summed E-state index contributed by atoms with van der Waals surface area (Å²) in [5, 5.41) is 17.2. The summed E-state index contributed by atoms with van der Waals surface area (Å²) in [6.07, 6.45) is 7.73. The van der Waals surface area contributed by atoms with Gasteiger partial charge in [0.15, 0.2) is 5.16 Å². The number of carbonyl (C=O) groups is 1. The van der Waals surface area contributed by atoms with Crippen LogP contribution in [-0.2, 0) is 4.79 Å². The molecular formula is C18H18ClN7OS. The molecule has 0 bridgehead atoms. The van der Waals surface area contributed by atoms with E-state index in [1.807, 2.05) is 0 Å². The molecule has 144 valence electrons. The maximum atomic E-state index is 12.6. The maximum absolute atomic E-state index is 12.6. The average molecular weight is 416 g/mol. The van der Waals surface area contributed by atoms with Crippen molar-refractivity contribution in [2.75, 3.05) is 11.1 Å². The lowest BCUT2D eigenvalue weighted by atomic mass is 10.2. The summed E-state index contributed by atoms with van der Waals surface area (Å²) < 4.78 is 3.83. The highest BCUT2D eigenvalue weighted by molar-refractivity contribution is 7.99. The Morgan fingerprint density at radius 2 is 2.11 bits per heavy atom. The van der Waals surface area contributed by atoms with E-state index >= 15 is 0 Å². The van der Waals surface area contributed by atoms with Crippen LogP contribution in [0.15, 0.2) is 36.0 Å². The van der Waals surface area contributed by atoms with Crippen LogP contribution in [-0.4, -0.2) is 41.2 Å². The monoisotopic (exact) mass is 415 g/mol. The molecule has 10 heteroatoms. The van der Waals surface area contributed by atoms with Gasteiger partial charge in [-0.2, -0.15) is 5.10 Å². The van der Waals surface area contributed by atoms with E-state index in [1.165, 1.54) is 43.8 Å². The van der Waals surface area contributed by atoms with Gasteiger partial charge in [-0.05, 0) is 43.9 Å². The molecule has 8 nitrogen and oxygen atoms in total. The molecule has 2 saturated carbocycles. The first kappa shape index (κ1) is 17.7. The van der Waals surface area contributed by atoms with Gasteiger partial charge in [-0.1, -0.05) is 23.4 Å². The molecule has 0 atom stereocenters. The maximum Gasteiger partial charge on any atom is 0.234 e. The SMILES string of the molecule is O=C(CSc1nnc(C2CC2)n1C1CC1)Nc1cc(Cl)ccc1-n1cncn1. The van der Waals surface area contributed by atoms with Gasteiger partial charge in [0.25, 0.3) is 0 Å². The molecule has 2 aliphatic carbocycles. The first-order valence-electron chi connectivity index (χ1n) is 9.21. The van der Waals surface area contributed by atoms with Crippen molar-refractivity contribution >= 4 is 35.0 Å². The Balaban J connectivity index is 1.30. The van der Waals surface area contributed by atoms with Crippen LogP contribution in [0.1, 0.15) is 43.5 Å². The van der Waals surface area contributed by atoms with Crippen molar-refractivity contribution in [2.45, 2.75) is 42.8 Å². The fourth-order valence-corrected chi connectivity index (χ4v) is 4.12. The van der Waals surface area contributed by atoms with E-state index in [4.69, 9.17) is 11.6 Å². The van der Waals surface area contributed by atoms with Gasteiger partial charge in [0.2, 0.25) is 5.91 Å². The van der Waals surface area contributed by atoms with Gasteiger partial charge >= 0.3 is 0 Å². The molecule has 1 N–H and O–H groups in total. The van der Waals surface area contributed by atoms with Crippen molar-refractivity contribution in [1.29, 1.82) is 0 Å².